The van der Waals surface area contributed by atoms with Gasteiger partial charge in [-0.3, -0.25) is 9.69 Å². The Morgan fingerprint density at radius 1 is 1.28 bits per heavy atom. The van der Waals surface area contributed by atoms with Crippen LogP contribution in [0.2, 0.25) is 0 Å². The lowest BCUT2D eigenvalue weighted by Crippen LogP contribution is -2.48. The first-order valence-electron chi connectivity index (χ1n) is 8.39. The first kappa shape index (κ1) is 16.3. The molecule has 2 aliphatic rings. The summed E-state index contributed by atoms with van der Waals surface area (Å²) in [5, 5.41) is 0.984. The second-order valence-electron chi connectivity index (χ2n) is 6.63. The van der Waals surface area contributed by atoms with Crippen molar-refractivity contribution < 1.29 is 13.2 Å². The van der Waals surface area contributed by atoms with Gasteiger partial charge in [0.25, 0.3) is 0 Å². The van der Waals surface area contributed by atoms with Gasteiger partial charge in [-0.1, -0.05) is 0 Å². The Bertz CT molecular complexity index is 898. The Labute approximate surface area is 146 Å². The van der Waals surface area contributed by atoms with Gasteiger partial charge in [-0.15, -0.1) is 0 Å². The Kier molecular flexibility index (Phi) is 3.92. The third kappa shape index (κ3) is 3.09. The molecule has 0 spiro atoms. The van der Waals surface area contributed by atoms with Gasteiger partial charge in [0.1, 0.15) is 11.5 Å². The van der Waals surface area contributed by atoms with Crippen molar-refractivity contribution >= 4 is 39.0 Å². The van der Waals surface area contributed by atoms with Crippen LogP contribution in [0.5, 0.6) is 0 Å². The summed E-state index contributed by atoms with van der Waals surface area (Å²) in [6, 6.07) is 4.15. The number of sulfonamides is 1. The van der Waals surface area contributed by atoms with Crippen LogP contribution in [0.1, 0.15) is 12.8 Å². The van der Waals surface area contributed by atoms with Gasteiger partial charge in [0.05, 0.1) is 11.9 Å². The van der Waals surface area contributed by atoms with Gasteiger partial charge in [-0.25, -0.2) is 13.4 Å². The fourth-order valence-corrected chi connectivity index (χ4v) is 4.17. The van der Waals surface area contributed by atoms with Crippen LogP contribution < -0.4 is 9.80 Å². The van der Waals surface area contributed by atoms with Crippen LogP contribution in [0.4, 0.5) is 11.5 Å². The standard InChI is InChI=1S/C16H21N5O3S/c1-25(23,24)20-8-6-19(7-9-20)14-10-15(21(11-22)12-2-3-12)18-16-13(14)4-5-17-16/h4-5,10-12H,2-3,6-9H2,1H3,(H,17,18). The van der Waals surface area contributed by atoms with E-state index >= 15 is 0 Å². The largest absolute Gasteiger partial charge is 0.368 e. The number of pyridine rings is 1. The highest BCUT2D eigenvalue weighted by Gasteiger charge is 2.31. The molecular formula is C16H21N5O3S. The number of hydrogen-bond donors (Lipinski definition) is 1. The highest BCUT2D eigenvalue weighted by Crippen LogP contribution is 2.34. The van der Waals surface area contributed by atoms with Crippen molar-refractivity contribution in [2.24, 2.45) is 0 Å². The normalized spacial score (nSPS) is 19.3. The van der Waals surface area contributed by atoms with E-state index in [1.54, 1.807) is 4.90 Å². The van der Waals surface area contributed by atoms with Gasteiger partial charge in [0.2, 0.25) is 16.4 Å². The molecule has 8 nitrogen and oxygen atoms in total. The van der Waals surface area contributed by atoms with Gasteiger partial charge in [0, 0.05) is 49.9 Å². The molecule has 0 bridgehead atoms. The number of carbonyl (C=O) groups excluding carboxylic acids is 1. The summed E-state index contributed by atoms with van der Waals surface area (Å²) < 4.78 is 24.9. The van der Waals surface area contributed by atoms with Gasteiger partial charge >= 0.3 is 0 Å². The lowest BCUT2D eigenvalue weighted by Gasteiger charge is -2.35. The van der Waals surface area contributed by atoms with E-state index in [4.69, 9.17) is 0 Å². The Balaban J connectivity index is 1.67. The smallest absolute Gasteiger partial charge is 0.215 e. The SMILES string of the molecule is CS(=O)(=O)N1CCN(c2cc(N(C=O)C3CC3)nc3[nH]ccc23)CC1. The van der Waals surface area contributed by atoms with E-state index in [9.17, 15) is 13.2 Å². The lowest BCUT2D eigenvalue weighted by atomic mass is 10.2. The Morgan fingerprint density at radius 3 is 2.60 bits per heavy atom. The minimum absolute atomic E-state index is 0.243. The zero-order valence-corrected chi connectivity index (χ0v) is 14.9. The second kappa shape index (κ2) is 5.99. The van der Waals surface area contributed by atoms with Crippen molar-refractivity contribution in [1.82, 2.24) is 14.3 Å². The molecule has 134 valence electrons. The molecule has 1 aliphatic heterocycles. The maximum Gasteiger partial charge on any atom is 0.215 e. The average Bonchev–Trinajstić information content (AvgIpc) is 3.30. The van der Waals surface area contributed by atoms with Crippen LogP contribution in [0.25, 0.3) is 11.0 Å². The fourth-order valence-electron chi connectivity index (χ4n) is 3.34. The van der Waals surface area contributed by atoms with Crippen molar-refractivity contribution in [3.05, 3.63) is 18.3 Å². The Morgan fingerprint density at radius 2 is 2.00 bits per heavy atom. The maximum atomic E-state index is 11.7. The topological polar surface area (TPSA) is 89.6 Å². The van der Waals surface area contributed by atoms with E-state index < -0.39 is 10.0 Å². The number of nitrogens with one attached hydrogen (secondary N) is 1. The van der Waals surface area contributed by atoms with Crippen molar-refractivity contribution in [2.45, 2.75) is 18.9 Å². The zero-order chi connectivity index (χ0) is 17.6. The summed E-state index contributed by atoms with van der Waals surface area (Å²) in [6.45, 7) is 2.15. The quantitative estimate of drug-likeness (QED) is 0.793. The molecule has 2 aromatic rings. The number of aromatic amines is 1. The third-order valence-electron chi connectivity index (χ3n) is 4.86. The highest BCUT2D eigenvalue weighted by atomic mass is 32.2. The van der Waals surface area contributed by atoms with Crippen molar-refractivity contribution in [3.8, 4) is 0 Å². The van der Waals surface area contributed by atoms with E-state index in [0.29, 0.717) is 32.0 Å². The molecule has 1 saturated carbocycles. The zero-order valence-electron chi connectivity index (χ0n) is 14.1. The molecule has 3 heterocycles. The van der Waals surface area contributed by atoms with Gasteiger partial charge in [-0.05, 0) is 18.9 Å². The van der Waals surface area contributed by atoms with Crippen molar-refractivity contribution in [1.29, 1.82) is 0 Å². The summed E-state index contributed by atoms with van der Waals surface area (Å²) >= 11 is 0. The summed E-state index contributed by atoms with van der Waals surface area (Å²) in [5.74, 6) is 0.646. The second-order valence-corrected chi connectivity index (χ2v) is 8.61. The number of hydrogen-bond acceptors (Lipinski definition) is 5. The number of aromatic nitrogens is 2. The monoisotopic (exact) mass is 363 g/mol. The molecule has 1 amide bonds. The summed E-state index contributed by atoms with van der Waals surface area (Å²) in [4.78, 5) is 23.1. The number of amides is 1. The fraction of sp³-hybridized carbons (Fsp3) is 0.500. The van der Waals surface area contributed by atoms with E-state index in [-0.39, 0.29) is 6.04 Å². The van der Waals surface area contributed by atoms with Gasteiger partial charge < -0.3 is 9.88 Å². The molecule has 4 rings (SSSR count). The van der Waals surface area contributed by atoms with Crippen LogP contribution in [0.3, 0.4) is 0 Å². The number of anilines is 2. The Hall–Kier alpha value is -2.13. The number of nitrogens with zero attached hydrogens (tertiary/aromatic N) is 4. The number of piperazine rings is 1. The molecule has 25 heavy (non-hydrogen) atoms. The van der Waals surface area contributed by atoms with Crippen LogP contribution in [-0.4, -0.2) is 67.6 Å². The van der Waals surface area contributed by atoms with E-state index in [1.165, 1.54) is 10.6 Å². The molecular weight excluding hydrogens is 342 g/mol. The van der Waals surface area contributed by atoms with Crippen LogP contribution in [0, 0.1) is 0 Å². The predicted molar refractivity (Wildman–Crippen MR) is 96.3 cm³/mol. The molecule has 1 N–H and O–H groups in total. The van der Waals surface area contributed by atoms with Crippen molar-refractivity contribution in [3.63, 3.8) is 0 Å². The molecule has 1 saturated heterocycles. The van der Waals surface area contributed by atoms with Crippen LogP contribution >= 0.6 is 0 Å². The summed E-state index contributed by atoms with van der Waals surface area (Å²) in [7, 11) is -3.16. The van der Waals surface area contributed by atoms with Gasteiger partial charge in [0.15, 0.2) is 0 Å². The van der Waals surface area contributed by atoms with Gasteiger partial charge in [-0.2, -0.15) is 4.31 Å². The predicted octanol–water partition coefficient (Wildman–Crippen LogP) is 0.770. The van der Waals surface area contributed by atoms with Crippen molar-refractivity contribution in [2.75, 3.05) is 42.2 Å². The minimum atomic E-state index is -3.16. The van der Waals surface area contributed by atoms with Crippen LogP contribution in [0.15, 0.2) is 18.3 Å². The average molecular weight is 363 g/mol. The third-order valence-corrected chi connectivity index (χ3v) is 6.16. The molecule has 2 aromatic heterocycles. The number of rotatable bonds is 5. The maximum absolute atomic E-state index is 11.7. The number of fused-ring (bicyclic) bond motifs is 1. The van der Waals surface area contributed by atoms with E-state index in [2.05, 4.69) is 14.9 Å². The summed E-state index contributed by atoms with van der Waals surface area (Å²) in [6.07, 6.45) is 5.94. The molecule has 9 heteroatoms. The number of H-pyrrole nitrogens is 1. The highest BCUT2D eigenvalue weighted by molar-refractivity contribution is 7.88. The van der Waals surface area contributed by atoms with E-state index in [1.807, 2.05) is 18.3 Å². The molecule has 0 aromatic carbocycles. The lowest BCUT2D eigenvalue weighted by molar-refractivity contribution is -0.107. The molecule has 1 aliphatic carbocycles. The molecule has 0 atom stereocenters. The number of carbonyl (C=O) groups is 1. The first-order chi connectivity index (χ1) is 12.0. The molecule has 0 radical (unpaired) electrons. The molecule has 0 unspecified atom stereocenters. The summed E-state index contributed by atoms with van der Waals surface area (Å²) in [5.41, 5.74) is 1.73. The minimum Gasteiger partial charge on any atom is -0.368 e. The first-order valence-corrected chi connectivity index (χ1v) is 10.2. The van der Waals surface area contributed by atoms with E-state index in [0.717, 1.165) is 36.0 Å². The molecule has 2 fully saturated rings. The van der Waals surface area contributed by atoms with Crippen LogP contribution in [-0.2, 0) is 14.8 Å².